The maximum Gasteiger partial charge on any atom is 0.264 e. The van der Waals surface area contributed by atoms with E-state index >= 15 is 0 Å². The highest BCUT2D eigenvalue weighted by Gasteiger charge is 2.28. The molecule has 3 rings (SSSR count). The molecule has 6 nitrogen and oxygen atoms in total. The molecule has 1 aliphatic rings. The van der Waals surface area contributed by atoms with Crippen LogP contribution in [0.2, 0.25) is 0 Å². The molecule has 0 unspecified atom stereocenters. The number of methoxy groups -OCH3 is 1. The summed E-state index contributed by atoms with van der Waals surface area (Å²) in [6.07, 6.45) is 4.06. The molecule has 150 valence electrons. The number of amides is 1. The summed E-state index contributed by atoms with van der Waals surface area (Å²) in [5, 5.41) is 2.96. The molecule has 0 spiro atoms. The summed E-state index contributed by atoms with van der Waals surface area (Å²) in [7, 11) is -2.39. The monoisotopic (exact) mass is 402 g/mol. The minimum atomic E-state index is -3.91. The molecule has 1 N–H and O–H groups in total. The standard InChI is InChI=1S/C21H26N2O4S/c1-16-10-12-20(13-11-16)28(25,26)23(18-8-5-9-19(14-18)27-2)15-21(24)22-17-6-3-4-7-17/h5,8-14,17H,3-4,6-7,15H2,1-2H3,(H,22,24). The van der Waals surface area contributed by atoms with Crippen molar-refractivity contribution < 1.29 is 17.9 Å². The zero-order chi connectivity index (χ0) is 20.1. The van der Waals surface area contributed by atoms with Gasteiger partial charge in [0.15, 0.2) is 0 Å². The van der Waals surface area contributed by atoms with Crippen molar-refractivity contribution in [1.82, 2.24) is 5.32 Å². The van der Waals surface area contributed by atoms with Gasteiger partial charge in [-0.1, -0.05) is 36.6 Å². The number of rotatable bonds is 7. The molecule has 1 saturated carbocycles. The molecular weight excluding hydrogens is 376 g/mol. The van der Waals surface area contributed by atoms with Gasteiger partial charge in [-0.05, 0) is 44.0 Å². The minimum Gasteiger partial charge on any atom is -0.497 e. The van der Waals surface area contributed by atoms with Crippen LogP contribution in [0.25, 0.3) is 0 Å². The van der Waals surface area contributed by atoms with Crippen molar-refractivity contribution in [2.24, 2.45) is 0 Å². The molecule has 0 aliphatic heterocycles. The Kier molecular flexibility index (Phi) is 6.24. The van der Waals surface area contributed by atoms with Crippen LogP contribution in [0, 0.1) is 6.92 Å². The van der Waals surface area contributed by atoms with Crippen molar-refractivity contribution in [1.29, 1.82) is 0 Å². The second-order valence-electron chi connectivity index (χ2n) is 7.08. The predicted octanol–water partition coefficient (Wildman–Crippen LogP) is 3.26. The number of carbonyl (C=O) groups is 1. The van der Waals surface area contributed by atoms with Crippen LogP contribution in [0.5, 0.6) is 5.75 Å². The van der Waals surface area contributed by atoms with E-state index in [9.17, 15) is 13.2 Å². The van der Waals surface area contributed by atoms with Crippen molar-refractivity contribution in [2.75, 3.05) is 18.0 Å². The molecule has 1 amide bonds. The maximum atomic E-state index is 13.3. The largest absolute Gasteiger partial charge is 0.497 e. The summed E-state index contributed by atoms with van der Waals surface area (Å²) in [5.74, 6) is 0.225. The smallest absolute Gasteiger partial charge is 0.264 e. The Hall–Kier alpha value is -2.54. The first-order valence-corrected chi connectivity index (χ1v) is 10.9. The average molecular weight is 403 g/mol. The summed E-state index contributed by atoms with van der Waals surface area (Å²) in [5.41, 5.74) is 1.35. The number of nitrogens with one attached hydrogen (secondary N) is 1. The zero-order valence-electron chi connectivity index (χ0n) is 16.2. The van der Waals surface area contributed by atoms with Gasteiger partial charge < -0.3 is 10.1 Å². The third kappa shape index (κ3) is 4.65. The van der Waals surface area contributed by atoms with Crippen LogP contribution in [0.1, 0.15) is 31.2 Å². The van der Waals surface area contributed by atoms with E-state index in [-0.39, 0.29) is 23.4 Å². The Morgan fingerprint density at radius 3 is 2.46 bits per heavy atom. The fourth-order valence-corrected chi connectivity index (χ4v) is 4.80. The highest BCUT2D eigenvalue weighted by molar-refractivity contribution is 7.92. The third-order valence-electron chi connectivity index (χ3n) is 4.96. The number of nitrogens with zero attached hydrogens (tertiary/aromatic N) is 1. The number of sulfonamides is 1. The van der Waals surface area contributed by atoms with Crippen LogP contribution in [0.15, 0.2) is 53.4 Å². The van der Waals surface area contributed by atoms with Gasteiger partial charge in [-0.3, -0.25) is 9.10 Å². The molecule has 1 aliphatic carbocycles. The van der Waals surface area contributed by atoms with Crippen molar-refractivity contribution in [3.8, 4) is 5.75 Å². The Morgan fingerprint density at radius 2 is 1.82 bits per heavy atom. The summed E-state index contributed by atoms with van der Waals surface area (Å²) < 4.78 is 33.0. The molecule has 0 aromatic heterocycles. The number of benzene rings is 2. The quantitative estimate of drug-likeness (QED) is 0.771. The van der Waals surface area contributed by atoms with Crippen LogP contribution in [0.3, 0.4) is 0 Å². The van der Waals surface area contributed by atoms with E-state index in [1.54, 1.807) is 48.5 Å². The maximum absolute atomic E-state index is 13.3. The molecular formula is C21H26N2O4S. The van der Waals surface area contributed by atoms with Crippen LogP contribution in [0.4, 0.5) is 5.69 Å². The van der Waals surface area contributed by atoms with Crippen LogP contribution in [-0.4, -0.2) is 34.0 Å². The normalized spacial score (nSPS) is 14.6. The van der Waals surface area contributed by atoms with Gasteiger partial charge in [0.05, 0.1) is 17.7 Å². The van der Waals surface area contributed by atoms with Crippen molar-refractivity contribution in [2.45, 2.75) is 43.5 Å². The fourth-order valence-electron chi connectivity index (χ4n) is 3.39. The number of carbonyl (C=O) groups excluding carboxylic acids is 1. The molecule has 0 bridgehead atoms. The highest BCUT2D eigenvalue weighted by Crippen LogP contribution is 2.27. The lowest BCUT2D eigenvalue weighted by molar-refractivity contribution is -0.120. The second-order valence-corrected chi connectivity index (χ2v) is 8.94. The van der Waals surface area contributed by atoms with Crippen molar-refractivity contribution >= 4 is 21.6 Å². The summed E-state index contributed by atoms with van der Waals surface area (Å²) in [6.45, 7) is 1.62. The second kappa shape index (κ2) is 8.65. The van der Waals surface area contributed by atoms with E-state index in [4.69, 9.17) is 4.74 Å². The van der Waals surface area contributed by atoms with Crippen LogP contribution < -0.4 is 14.4 Å². The lowest BCUT2D eigenvalue weighted by Gasteiger charge is -2.25. The van der Waals surface area contributed by atoms with Gasteiger partial charge in [-0.15, -0.1) is 0 Å². The molecule has 0 atom stereocenters. The van der Waals surface area contributed by atoms with Crippen molar-refractivity contribution in [3.63, 3.8) is 0 Å². The van der Waals surface area contributed by atoms with E-state index in [2.05, 4.69) is 5.32 Å². The van der Waals surface area contributed by atoms with Gasteiger partial charge >= 0.3 is 0 Å². The van der Waals surface area contributed by atoms with Gasteiger partial charge in [-0.25, -0.2) is 8.42 Å². The Labute approximate surface area is 166 Å². The Bertz CT molecular complexity index is 920. The number of anilines is 1. The van der Waals surface area contributed by atoms with Gasteiger partial charge in [0.25, 0.3) is 10.0 Å². The Morgan fingerprint density at radius 1 is 1.14 bits per heavy atom. The minimum absolute atomic E-state index is 0.127. The molecule has 2 aromatic rings. The first-order chi connectivity index (χ1) is 13.4. The SMILES string of the molecule is COc1cccc(N(CC(=O)NC2CCCC2)S(=O)(=O)c2ccc(C)cc2)c1. The lowest BCUT2D eigenvalue weighted by atomic mass is 10.2. The first-order valence-electron chi connectivity index (χ1n) is 9.43. The van der Waals surface area contributed by atoms with E-state index < -0.39 is 10.0 Å². The van der Waals surface area contributed by atoms with Gasteiger partial charge in [0.2, 0.25) is 5.91 Å². The van der Waals surface area contributed by atoms with Gasteiger partial charge in [0.1, 0.15) is 12.3 Å². The molecule has 0 radical (unpaired) electrons. The highest BCUT2D eigenvalue weighted by atomic mass is 32.2. The molecule has 1 fully saturated rings. The van der Waals surface area contributed by atoms with Gasteiger partial charge in [0, 0.05) is 12.1 Å². The molecule has 2 aromatic carbocycles. The molecule has 7 heteroatoms. The number of ether oxygens (including phenoxy) is 1. The van der Waals surface area contributed by atoms with Crippen molar-refractivity contribution in [3.05, 3.63) is 54.1 Å². The summed E-state index contributed by atoms with van der Waals surface area (Å²) in [4.78, 5) is 12.8. The lowest BCUT2D eigenvalue weighted by Crippen LogP contribution is -2.43. The predicted molar refractivity (Wildman–Crippen MR) is 109 cm³/mol. The van der Waals surface area contributed by atoms with E-state index in [0.29, 0.717) is 11.4 Å². The van der Waals surface area contributed by atoms with Gasteiger partial charge in [-0.2, -0.15) is 0 Å². The van der Waals surface area contributed by atoms with E-state index in [1.807, 2.05) is 6.92 Å². The van der Waals surface area contributed by atoms with Crippen LogP contribution in [-0.2, 0) is 14.8 Å². The molecule has 0 saturated heterocycles. The average Bonchev–Trinajstić information content (AvgIpc) is 3.19. The fraction of sp³-hybridized carbons (Fsp3) is 0.381. The summed E-state index contributed by atoms with van der Waals surface area (Å²) in [6, 6.07) is 13.5. The molecule has 0 heterocycles. The van der Waals surface area contributed by atoms with Crippen LogP contribution >= 0.6 is 0 Å². The van der Waals surface area contributed by atoms with E-state index in [1.165, 1.54) is 7.11 Å². The first kappa shape index (κ1) is 20.2. The third-order valence-corrected chi connectivity index (χ3v) is 6.75. The molecule has 28 heavy (non-hydrogen) atoms. The topological polar surface area (TPSA) is 75.7 Å². The number of aryl methyl sites for hydroxylation is 1. The summed E-state index contributed by atoms with van der Waals surface area (Å²) >= 11 is 0. The number of hydrogen-bond acceptors (Lipinski definition) is 4. The zero-order valence-corrected chi connectivity index (χ0v) is 17.0. The Balaban J connectivity index is 1.93. The number of hydrogen-bond donors (Lipinski definition) is 1. The van der Waals surface area contributed by atoms with E-state index in [0.717, 1.165) is 35.6 Å².